The molecule has 18 heteroatoms. The van der Waals surface area contributed by atoms with E-state index in [1.807, 2.05) is 0 Å². The lowest BCUT2D eigenvalue weighted by Crippen LogP contribution is -2.39. The van der Waals surface area contributed by atoms with Crippen LogP contribution in [0.4, 0.5) is 0 Å². The van der Waals surface area contributed by atoms with E-state index in [-0.39, 0.29) is 72.6 Å². The molecule has 0 unspecified atom stereocenters. The molecule has 2 aliphatic rings. The van der Waals surface area contributed by atoms with Crippen LogP contribution in [0.2, 0.25) is 10.3 Å². The Hall–Kier alpha value is -4.70. The molecule has 0 radical (unpaired) electrons. The Kier molecular flexibility index (Phi) is 8.80. The fraction of sp³-hybridized carbons (Fsp3) is 0.273. The molecule has 2 aromatic rings. The molecule has 208 valence electrons. The quantitative estimate of drug-likeness (QED) is 0.189. The highest BCUT2D eigenvalue weighted by Gasteiger charge is 2.35. The molecule has 0 aliphatic carbocycles. The van der Waals surface area contributed by atoms with Crippen molar-refractivity contribution in [3.8, 4) is 0 Å². The Morgan fingerprint density at radius 1 is 0.775 bits per heavy atom. The first kappa shape index (κ1) is 28.3. The van der Waals surface area contributed by atoms with Gasteiger partial charge in [-0.25, -0.2) is 30.2 Å². The van der Waals surface area contributed by atoms with E-state index in [1.165, 1.54) is 46.5 Å². The standard InChI is InChI=1S/C22H20Cl2N10O6/c23-17-5-3-15(13-25-17)19(35)31-11-9-29(21(31)27-33(37)38)7-1-2-8-30-10-12-32(22(30)28-34(39)40)20(36)16-4-6-18(24)26-14-16/h1-6,13-14H,7-12H2. The number of halogens is 2. The zero-order chi connectivity index (χ0) is 28.8. The maximum Gasteiger partial charge on any atom is 0.281 e. The summed E-state index contributed by atoms with van der Waals surface area (Å²) in [4.78, 5) is 61.3. The maximum absolute atomic E-state index is 12.9. The minimum Gasteiger partial charge on any atom is -0.332 e. The fourth-order valence-corrected chi connectivity index (χ4v) is 4.24. The first-order chi connectivity index (χ1) is 19.1. The molecule has 2 aromatic heterocycles. The fourth-order valence-electron chi connectivity index (χ4n) is 4.01. The van der Waals surface area contributed by atoms with Gasteiger partial charge in [0.1, 0.15) is 20.5 Å². The van der Waals surface area contributed by atoms with Crippen LogP contribution in [-0.4, -0.2) is 103 Å². The first-order valence-electron chi connectivity index (χ1n) is 11.6. The number of pyridine rings is 2. The van der Waals surface area contributed by atoms with Gasteiger partial charge in [0.25, 0.3) is 23.7 Å². The van der Waals surface area contributed by atoms with Crippen LogP contribution < -0.4 is 0 Å². The van der Waals surface area contributed by atoms with Gasteiger partial charge in [0.2, 0.25) is 0 Å². The number of amides is 2. The van der Waals surface area contributed by atoms with Crippen molar-refractivity contribution in [2.45, 2.75) is 0 Å². The second kappa shape index (κ2) is 12.4. The minimum absolute atomic E-state index is 0.139. The molecule has 16 nitrogen and oxygen atoms in total. The van der Waals surface area contributed by atoms with Crippen LogP contribution in [0.3, 0.4) is 0 Å². The number of hydrogen-bond acceptors (Lipinski definition) is 8. The summed E-state index contributed by atoms with van der Waals surface area (Å²) in [5.41, 5.74) is 0.385. The molecular weight excluding hydrogens is 571 g/mol. The molecule has 4 heterocycles. The highest BCUT2D eigenvalue weighted by molar-refractivity contribution is 6.29. The van der Waals surface area contributed by atoms with E-state index in [0.717, 1.165) is 0 Å². The Balaban J connectivity index is 1.42. The number of aromatic nitrogens is 2. The van der Waals surface area contributed by atoms with Gasteiger partial charge < -0.3 is 9.80 Å². The number of hydrazone groups is 2. The second-order valence-electron chi connectivity index (χ2n) is 8.29. The van der Waals surface area contributed by atoms with Crippen molar-refractivity contribution in [2.75, 3.05) is 39.3 Å². The summed E-state index contributed by atoms with van der Waals surface area (Å²) in [6.07, 6.45) is 5.89. The van der Waals surface area contributed by atoms with Crippen molar-refractivity contribution in [2.24, 2.45) is 10.2 Å². The first-order valence-corrected chi connectivity index (χ1v) is 12.4. The van der Waals surface area contributed by atoms with Crippen LogP contribution in [0, 0.1) is 20.2 Å². The summed E-state index contributed by atoms with van der Waals surface area (Å²) >= 11 is 11.5. The summed E-state index contributed by atoms with van der Waals surface area (Å²) in [7, 11) is 0. The van der Waals surface area contributed by atoms with Crippen molar-refractivity contribution in [3.63, 3.8) is 0 Å². The average molecular weight is 591 g/mol. The van der Waals surface area contributed by atoms with E-state index < -0.39 is 21.9 Å². The molecule has 4 rings (SSSR count). The number of guanidine groups is 2. The van der Waals surface area contributed by atoms with Crippen molar-refractivity contribution in [1.82, 2.24) is 29.6 Å². The number of rotatable bonds is 8. The molecule has 0 aromatic carbocycles. The smallest absolute Gasteiger partial charge is 0.281 e. The zero-order valence-corrected chi connectivity index (χ0v) is 22.1. The van der Waals surface area contributed by atoms with Crippen LogP contribution in [-0.2, 0) is 0 Å². The number of hydrogen-bond donors (Lipinski definition) is 0. The third-order valence-electron chi connectivity index (χ3n) is 5.83. The summed E-state index contributed by atoms with van der Waals surface area (Å²) in [5, 5.41) is 27.8. The van der Waals surface area contributed by atoms with Crippen molar-refractivity contribution < 1.29 is 19.7 Å². The minimum atomic E-state index is -0.885. The molecule has 2 aliphatic heterocycles. The molecule has 2 amide bonds. The predicted molar refractivity (Wildman–Crippen MR) is 142 cm³/mol. The predicted octanol–water partition coefficient (Wildman–Crippen LogP) is 1.65. The Morgan fingerprint density at radius 2 is 1.18 bits per heavy atom. The van der Waals surface area contributed by atoms with Crippen molar-refractivity contribution >= 4 is 46.9 Å². The normalized spacial score (nSPS) is 17.4. The van der Waals surface area contributed by atoms with Crippen molar-refractivity contribution in [1.29, 1.82) is 0 Å². The highest BCUT2D eigenvalue weighted by atomic mass is 35.5. The zero-order valence-electron chi connectivity index (χ0n) is 20.5. The van der Waals surface area contributed by atoms with Crippen LogP contribution >= 0.6 is 23.2 Å². The molecule has 0 saturated carbocycles. The molecule has 0 bridgehead atoms. The largest absolute Gasteiger partial charge is 0.332 e. The van der Waals surface area contributed by atoms with Gasteiger partial charge in [-0.2, -0.15) is 0 Å². The lowest BCUT2D eigenvalue weighted by Gasteiger charge is -2.19. The SMILES string of the molecule is O=C(c1ccc(Cl)nc1)N1CCN(CC=CCN2CCN(C(=O)c3ccc(Cl)nc3)C2=N[N+](=O)[O-])C1=N[N+](=O)[O-]. The van der Waals surface area contributed by atoms with Crippen LogP contribution in [0.1, 0.15) is 20.7 Å². The molecule has 2 saturated heterocycles. The van der Waals surface area contributed by atoms with Crippen LogP contribution in [0.25, 0.3) is 0 Å². The summed E-state index contributed by atoms with van der Waals surface area (Å²) < 4.78 is 0. The molecule has 0 N–H and O–H groups in total. The van der Waals surface area contributed by atoms with E-state index in [0.29, 0.717) is 0 Å². The Bertz CT molecular complexity index is 1290. The molecule has 40 heavy (non-hydrogen) atoms. The maximum atomic E-state index is 12.9. The topological polar surface area (TPSA) is 184 Å². The van der Waals surface area contributed by atoms with Gasteiger partial charge in [-0.1, -0.05) is 35.4 Å². The van der Waals surface area contributed by atoms with Gasteiger partial charge in [-0.15, -0.1) is 0 Å². The Morgan fingerprint density at radius 3 is 1.50 bits per heavy atom. The summed E-state index contributed by atoms with van der Waals surface area (Å²) in [6.45, 7) is 1.18. The van der Waals surface area contributed by atoms with Gasteiger partial charge in [0.05, 0.1) is 11.1 Å². The third kappa shape index (κ3) is 6.65. The number of carbonyl (C=O) groups excluding carboxylic acids is 2. The highest BCUT2D eigenvalue weighted by Crippen LogP contribution is 2.17. The third-order valence-corrected chi connectivity index (χ3v) is 6.28. The van der Waals surface area contributed by atoms with E-state index in [4.69, 9.17) is 23.2 Å². The van der Waals surface area contributed by atoms with Crippen LogP contribution in [0.15, 0.2) is 59.0 Å². The molecule has 0 atom stereocenters. The molecule has 0 spiro atoms. The number of nitro groups is 2. The molecule has 2 fully saturated rings. The average Bonchev–Trinajstić information content (AvgIpc) is 3.49. The van der Waals surface area contributed by atoms with E-state index in [1.54, 1.807) is 22.0 Å². The van der Waals surface area contributed by atoms with Gasteiger partial charge >= 0.3 is 0 Å². The second-order valence-corrected chi connectivity index (χ2v) is 9.07. The van der Waals surface area contributed by atoms with E-state index >= 15 is 0 Å². The summed E-state index contributed by atoms with van der Waals surface area (Å²) in [6, 6.07) is 5.79. The van der Waals surface area contributed by atoms with Gasteiger partial charge in [-0.3, -0.25) is 19.4 Å². The number of nitrogens with zero attached hydrogens (tertiary/aromatic N) is 10. The molecular formula is C22H20Cl2N10O6. The van der Waals surface area contributed by atoms with E-state index in [2.05, 4.69) is 20.2 Å². The lowest BCUT2D eigenvalue weighted by atomic mass is 10.2. The van der Waals surface area contributed by atoms with Crippen molar-refractivity contribution in [3.05, 3.63) is 90.5 Å². The lowest BCUT2D eigenvalue weighted by molar-refractivity contribution is -0.486. The van der Waals surface area contributed by atoms with Crippen LogP contribution in [0.5, 0.6) is 0 Å². The van der Waals surface area contributed by atoms with E-state index in [9.17, 15) is 29.8 Å². The van der Waals surface area contributed by atoms with Gasteiger partial charge in [0, 0.05) is 51.7 Å². The van der Waals surface area contributed by atoms with Gasteiger partial charge in [0.15, 0.2) is 10.1 Å². The summed E-state index contributed by atoms with van der Waals surface area (Å²) in [5.74, 6) is -1.32. The monoisotopic (exact) mass is 590 g/mol. The number of carbonyl (C=O) groups is 2. The Labute approximate surface area is 236 Å². The van der Waals surface area contributed by atoms with Gasteiger partial charge in [-0.05, 0) is 24.3 Å².